The lowest BCUT2D eigenvalue weighted by atomic mass is 10.1. The zero-order valence-corrected chi connectivity index (χ0v) is 16.7. The van der Waals surface area contributed by atoms with Crippen LogP contribution in [0.1, 0.15) is 85.5 Å². The molecule has 0 saturated carbocycles. The van der Waals surface area contributed by atoms with Gasteiger partial charge in [0.05, 0.1) is 5.92 Å². The number of nitrogens with one attached hydrogen (secondary N) is 1. The summed E-state index contributed by atoms with van der Waals surface area (Å²) in [5, 5.41) is 3.03. The van der Waals surface area contributed by atoms with Gasteiger partial charge in [0.1, 0.15) is 5.60 Å². The Morgan fingerprint density at radius 1 is 1.04 bits per heavy atom. The van der Waals surface area contributed by atoms with Crippen LogP contribution in [-0.2, 0) is 9.53 Å². The first-order chi connectivity index (χ1) is 11.8. The molecular formula is C20H38N2O3. The lowest BCUT2D eigenvalue weighted by Gasteiger charge is -2.24. The third-order valence-corrected chi connectivity index (χ3v) is 4.54. The summed E-state index contributed by atoms with van der Waals surface area (Å²) in [5.74, 6) is -0.0180. The van der Waals surface area contributed by atoms with Crippen LogP contribution >= 0.6 is 0 Å². The van der Waals surface area contributed by atoms with Crippen LogP contribution in [0.15, 0.2) is 0 Å². The fourth-order valence-electron chi connectivity index (χ4n) is 3.08. The van der Waals surface area contributed by atoms with Gasteiger partial charge >= 0.3 is 6.09 Å². The Labute approximate surface area is 153 Å². The van der Waals surface area contributed by atoms with E-state index in [-0.39, 0.29) is 17.9 Å². The summed E-state index contributed by atoms with van der Waals surface area (Å²) in [7, 11) is 0. The first-order valence-electron chi connectivity index (χ1n) is 10.1. The van der Waals surface area contributed by atoms with E-state index in [2.05, 4.69) is 12.2 Å². The van der Waals surface area contributed by atoms with Gasteiger partial charge in [-0.3, -0.25) is 4.79 Å². The number of hydrogen-bond acceptors (Lipinski definition) is 3. The summed E-state index contributed by atoms with van der Waals surface area (Å²) in [6.45, 7) is 9.62. The van der Waals surface area contributed by atoms with Gasteiger partial charge in [-0.2, -0.15) is 0 Å². The molecule has 0 spiro atoms. The second-order valence-electron chi connectivity index (χ2n) is 8.18. The lowest BCUT2D eigenvalue weighted by molar-refractivity contribution is -0.124. The molecule has 1 atom stereocenters. The molecule has 0 bridgehead atoms. The number of rotatable bonds is 10. The summed E-state index contributed by atoms with van der Waals surface area (Å²) in [6, 6.07) is 0. The predicted octanol–water partition coefficient (Wildman–Crippen LogP) is 4.50. The standard InChI is InChI=1S/C20H38N2O3/c1-5-6-7-8-9-10-11-12-14-21-18(23)17-13-15-22(16-17)19(24)25-20(2,3)4/h17H,5-16H2,1-4H3,(H,21,23)/t17-/m1/s1. The number of unbranched alkanes of at least 4 members (excludes halogenated alkanes) is 7. The highest BCUT2D eigenvalue weighted by Gasteiger charge is 2.33. The van der Waals surface area contributed by atoms with Gasteiger partial charge in [0.15, 0.2) is 0 Å². The average molecular weight is 355 g/mol. The summed E-state index contributed by atoms with van der Waals surface area (Å²) in [4.78, 5) is 25.9. The van der Waals surface area contributed by atoms with Crippen LogP contribution in [0.3, 0.4) is 0 Å². The molecule has 1 rings (SSSR count). The van der Waals surface area contributed by atoms with Crippen LogP contribution in [0.4, 0.5) is 4.79 Å². The minimum atomic E-state index is -0.492. The second-order valence-corrected chi connectivity index (χ2v) is 8.18. The van der Waals surface area contributed by atoms with Gasteiger partial charge in [-0.15, -0.1) is 0 Å². The normalized spacial score (nSPS) is 17.6. The van der Waals surface area contributed by atoms with Gasteiger partial charge in [0.2, 0.25) is 5.91 Å². The van der Waals surface area contributed by atoms with Crippen LogP contribution in [-0.4, -0.2) is 42.1 Å². The van der Waals surface area contributed by atoms with E-state index in [1.807, 2.05) is 20.8 Å². The molecule has 5 heteroatoms. The van der Waals surface area contributed by atoms with Gasteiger partial charge in [-0.25, -0.2) is 4.79 Å². The number of carbonyl (C=O) groups is 2. The van der Waals surface area contributed by atoms with E-state index in [9.17, 15) is 9.59 Å². The average Bonchev–Trinajstić information content (AvgIpc) is 3.02. The number of hydrogen-bond donors (Lipinski definition) is 1. The zero-order valence-electron chi connectivity index (χ0n) is 16.7. The first-order valence-corrected chi connectivity index (χ1v) is 10.1. The molecule has 0 aromatic carbocycles. The van der Waals surface area contributed by atoms with Crippen molar-refractivity contribution in [2.75, 3.05) is 19.6 Å². The molecule has 1 aliphatic heterocycles. The van der Waals surface area contributed by atoms with E-state index in [4.69, 9.17) is 4.74 Å². The van der Waals surface area contributed by atoms with Crippen LogP contribution in [0.5, 0.6) is 0 Å². The Kier molecular flexibility index (Phi) is 9.91. The van der Waals surface area contributed by atoms with Crippen molar-refractivity contribution in [3.63, 3.8) is 0 Å². The largest absolute Gasteiger partial charge is 0.444 e. The van der Waals surface area contributed by atoms with Gasteiger partial charge in [-0.1, -0.05) is 51.9 Å². The van der Waals surface area contributed by atoms with Crippen molar-refractivity contribution in [3.05, 3.63) is 0 Å². The molecule has 1 N–H and O–H groups in total. The summed E-state index contributed by atoms with van der Waals surface area (Å²) >= 11 is 0. The summed E-state index contributed by atoms with van der Waals surface area (Å²) in [5.41, 5.74) is -0.492. The number of ether oxygens (including phenoxy) is 1. The molecule has 146 valence electrons. The Hall–Kier alpha value is -1.26. The van der Waals surface area contributed by atoms with E-state index in [1.54, 1.807) is 4.90 Å². The highest BCUT2D eigenvalue weighted by atomic mass is 16.6. The summed E-state index contributed by atoms with van der Waals surface area (Å²) < 4.78 is 5.37. The third kappa shape index (κ3) is 9.71. The molecule has 0 aliphatic carbocycles. The van der Waals surface area contributed by atoms with Crippen molar-refractivity contribution >= 4 is 12.0 Å². The van der Waals surface area contributed by atoms with Crippen LogP contribution in [0, 0.1) is 5.92 Å². The predicted molar refractivity (Wildman–Crippen MR) is 102 cm³/mol. The molecule has 1 saturated heterocycles. The van der Waals surface area contributed by atoms with E-state index in [1.165, 1.54) is 44.9 Å². The van der Waals surface area contributed by atoms with Crippen molar-refractivity contribution in [2.24, 2.45) is 5.92 Å². The van der Waals surface area contributed by atoms with Gasteiger partial charge in [0.25, 0.3) is 0 Å². The Balaban J connectivity index is 2.09. The molecule has 0 radical (unpaired) electrons. The SMILES string of the molecule is CCCCCCCCCCNC(=O)[C@@H]1CCN(C(=O)OC(C)(C)C)C1. The topological polar surface area (TPSA) is 58.6 Å². The van der Waals surface area contributed by atoms with Gasteiger partial charge in [-0.05, 0) is 33.6 Å². The van der Waals surface area contributed by atoms with Crippen molar-refractivity contribution in [2.45, 2.75) is 91.1 Å². The Morgan fingerprint density at radius 3 is 2.24 bits per heavy atom. The fraction of sp³-hybridized carbons (Fsp3) is 0.900. The summed E-state index contributed by atoms with van der Waals surface area (Å²) in [6.07, 6.45) is 10.5. The van der Waals surface area contributed by atoms with Gasteiger partial charge < -0.3 is 15.0 Å². The van der Waals surface area contributed by atoms with E-state index < -0.39 is 5.60 Å². The van der Waals surface area contributed by atoms with Crippen LogP contribution < -0.4 is 5.32 Å². The van der Waals surface area contributed by atoms with E-state index >= 15 is 0 Å². The Morgan fingerprint density at radius 2 is 1.64 bits per heavy atom. The molecule has 1 aliphatic rings. The monoisotopic (exact) mass is 354 g/mol. The number of nitrogens with zero attached hydrogens (tertiary/aromatic N) is 1. The molecule has 0 aromatic rings. The quantitative estimate of drug-likeness (QED) is 0.588. The van der Waals surface area contributed by atoms with Crippen molar-refractivity contribution in [1.29, 1.82) is 0 Å². The molecule has 25 heavy (non-hydrogen) atoms. The first kappa shape index (κ1) is 21.8. The maximum atomic E-state index is 12.2. The molecule has 5 nitrogen and oxygen atoms in total. The van der Waals surface area contributed by atoms with Gasteiger partial charge in [0, 0.05) is 19.6 Å². The molecule has 0 aromatic heterocycles. The van der Waals surface area contributed by atoms with E-state index in [0.29, 0.717) is 13.1 Å². The maximum absolute atomic E-state index is 12.2. The lowest BCUT2D eigenvalue weighted by Crippen LogP contribution is -2.37. The van der Waals surface area contributed by atoms with Crippen molar-refractivity contribution < 1.29 is 14.3 Å². The molecule has 1 fully saturated rings. The highest BCUT2D eigenvalue weighted by Crippen LogP contribution is 2.19. The second kappa shape index (κ2) is 11.4. The molecule has 0 unspecified atom stereocenters. The van der Waals surface area contributed by atoms with Crippen LogP contribution in [0.2, 0.25) is 0 Å². The zero-order chi connectivity index (χ0) is 18.7. The molecular weight excluding hydrogens is 316 g/mol. The highest BCUT2D eigenvalue weighted by molar-refractivity contribution is 5.80. The molecule has 2 amide bonds. The molecule has 1 heterocycles. The third-order valence-electron chi connectivity index (χ3n) is 4.54. The van der Waals surface area contributed by atoms with Crippen molar-refractivity contribution in [1.82, 2.24) is 10.2 Å². The maximum Gasteiger partial charge on any atom is 0.410 e. The van der Waals surface area contributed by atoms with Crippen LogP contribution in [0.25, 0.3) is 0 Å². The minimum Gasteiger partial charge on any atom is -0.444 e. The fourth-order valence-corrected chi connectivity index (χ4v) is 3.08. The number of likely N-dealkylation sites (tertiary alicyclic amines) is 1. The van der Waals surface area contributed by atoms with E-state index in [0.717, 1.165) is 19.4 Å². The Bertz CT molecular complexity index is 404. The van der Waals surface area contributed by atoms with Crippen molar-refractivity contribution in [3.8, 4) is 0 Å². The smallest absolute Gasteiger partial charge is 0.410 e. The minimum absolute atomic E-state index is 0.0778. The number of carbonyl (C=O) groups excluding carboxylic acids is 2. The number of amides is 2.